The number of benzene rings is 1. The maximum Gasteiger partial charge on any atom is 0.339 e. The van der Waals surface area contributed by atoms with Gasteiger partial charge >= 0.3 is 5.97 Å². The lowest BCUT2D eigenvalue weighted by Gasteiger charge is -2.17. The summed E-state index contributed by atoms with van der Waals surface area (Å²) in [6, 6.07) is 3.85. The van der Waals surface area contributed by atoms with Gasteiger partial charge in [-0.25, -0.2) is 18.0 Å². The molecule has 1 aromatic carbocycles. The molecule has 1 aliphatic rings. The first-order valence-corrected chi connectivity index (χ1v) is 8.58. The first-order valence-electron chi connectivity index (χ1n) is 8.58. The van der Waals surface area contributed by atoms with Crippen molar-refractivity contribution in [1.82, 2.24) is 9.88 Å². The van der Waals surface area contributed by atoms with Gasteiger partial charge in [0.1, 0.15) is 23.5 Å². The van der Waals surface area contributed by atoms with Crippen molar-refractivity contribution >= 4 is 23.5 Å². The Bertz CT molecular complexity index is 966. The minimum absolute atomic E-state index is 0.113. The monoisotopic (exact) mass is 407 g/mol. The number of amides is 2. The molecule has 1 aromatic heterocycles. The Morgan fingerprint density at radius 1 is 1.21 bits per heavy atom. The zero-order valence-electron chi connectivity index (χ0n) is 15.2. The molecule has 10 heteroatoms. The Hall–Kier alpha value is -3.43. The summed E-state index contributed by atoms with van der Waals surface area (Å²) in [5, 5.41) is 2.21. The van der Waals surface area contributed by atoms with Crippen molar-refractivity contribution < 1.29 is 32.3 Å². The van der Waals surface area contributed by atoms with Crippen LogP contribution >= 0.6 is 0 Å². The van der Waals surface area contributed by atoms with Gasteiger partial charge in [-0.1, -0.05) is 0 Å². The second-order valence-corrected chi connectivity index (χ2v) is 6.33. The van der Waals surface area contributed by atoms with Gasteiger partial charge in [0.15, 0.2) is 0 Å². The van der Waals surface area contributed by atoms with Gasteiger partial charge in [-0.3, -0.25) is 14.6 Å². The van der Waals surface area contributed by atoms with E-state index in [0.29, 0.717) is 6.07 Å². The van der Waals surface area contributed by atoms with Crippen LogP contribution in [0, 0.1) is 11.6 Å². The summed E-state index contributed by atoms with van der Waals surface area (Å²) in [5.74, 6) is -4.49. The predicted molar refractivity (Wildman–Crippen MR) is 95.3 cm³/mol. The van der Waals surface area contributed by atoms with E-state index in [0.717, 1.165) is 17.2 Å². The van der Waals surface area contributed by atoms with Crippen LogP contribution in [0.2, 0.25) is 0 Å². The highest BCUT2D eigenvalue weighted by molar-refractivity contribution is 6.04. The number of halogens is 3. The number of hydrogen-bond donors (Lipinski definition) is 1. The lowest BCUT2D eigenvalue weighted by atomic mass is 10.1. The van der Waals surface area contributed by atoms with Crippen LogP contribution < -0.4 is 5.32 Å². The highest BCUT2D eigenvalue weighted by atomic mass is 19.1. The first-order chi connectivity index (χ1) is 13.8. The van der Waals surface area contributed by atoms with Crippen LogP contribution in [0.25, 0.3) is 0 Å². The molecule has 152 valence electrons. The normalized spacial score (nSPS) is 15.9. The molecule has 1 aliphatic heterocycles. The molecule has 0 saturated carbocycles. The summed E-state index contributed by atoms with van der Waals surface area (Å²) in [6.07, 6.45) is 0.0590. The third-order valence-electron chi connectivity index (χ3n) is 4.37. The van der Waals surface area contributed by atoms with Crippen LogP contribution in [0.3, 0.4) is 0 Å². The van der Waals surface area contributed by atoms with Crippen molar-refractivity contribution in [2.24, 2.45) is 0 Å². The molecule has 7 nitrogen and oxygen atoms in total. The summed E-state index contributed by atoms with van der Waals surface area (Å²) < 4.78 is 46.0. The number of hydrogen-bond acceptors (Lipinski definition) is 5. The lowest BCUT2D eigenvalue weighted by molar-refractivity contribution is 0.0599. The molecule has 2 heterocycles. The number of rotatable bonds is 4. The number of nitrogens with zero attached hydrogens (tertiary/aromatic N) is 2. The molecule has 2 amide bonds. The van der Waals surface area contributed by atoms with E-state index in [1.165, 1.54) is 19.2 Å². The third kappa shape index (κ3) is 4.36. The fraction of sp³-hybridized carbons (Fsp3) is 0.263. The SMILES string of the molecule is COC(=O)c1ccc(C(=O)Nc2cc(C(=O)N3CC[C@H](F)C3)c(F)cc2F)nc1. The molecule has 1 fully saturated rings. The van der Waals surface area contributed by atoms with E-state index in [4.69, 9.17) is 0 Å². The maximum atomic E-state index is 14.1. The summed E-state index contributed by atoms with van der Waals surface area (Å²) in [6.45, 7) is -0.0528. The Balaban J connectivity index is 1.80. The molecule has 29 heavy (non-hydrogen) atoms. The average molecular weight is 407 g/mol. The van der Waals surface area contributed by atoms with Crippen LogP contribution in [-0.4, -0.2) is 54.0 Å². The van der Waals surface area contributed by atoms with Gasteiger partial charge in [0.25, 0.3) is 11.8 Å². The van der Waals surface area contributed by atoms with Gasteiger partial charge in [-0.15, -0.1) is 0 Å². The zero-order valence-corrected chi connectivity index (χ0v) is 15.2. The molecular weight excluding hydrogens is 391 g/mol. The molecule has 3 rings (SSSR count). The Morgan fingerprint density at radius 3 is 2.55 bits per heavy atom. The fourth-order valence-corrected chi connectivity index (χ4v) is 2.83. The predicted octanol–water partition coefficient (Wildman–Crippen LogP) is 2.58. The molecule has 0 bridgehead atoms. The number of likely N-dealkylation sites (tertiary alicyclic amines) is 1. The van der Waals surface area contributed by atoms with E-state index in [-0.39, 0.29) is 30.8 Å². The summed E-state index contributed by atoms with van der Waals surface area (Å²) in [4.78, 5) is 41.0. The van der Waals surface area contributed by atoms with Crippen LogP contribution in [0.4, 0.5) is 18.9 Å². The number of aromatic nitrogens is 1. The topological polar surface area (TPSA) is 88.6 Å². The smallest absolute Gasteiger partial charge is 0.339 e. The average Bonchev–Trinajstić information content (AvgIpc) is 3.15. The molecule has 0 unspecified atom stereocenters. The van der Waals surface area contributed by atoms with Gasteiger partial charge in [-0.05, 0) is 24.6 Å². The number of methoxy groups -OCH3 is 1. The minimum atomic E-state index is -1.19. The van der Waals surface area contributed by atoms with Crippen molar-refractivity contribution in [3.05, 3.63) is 58.9 Å². The number of esters is 1. The molecule has 0 spiro atoms. The Morgan fingerprint density at radius 2 is 1.97 bits per heavy atom. The lowest BCUT2D eigenvalue weighted by Crippen LogP contribution is -2.30. The number of carbonyl (C=O) groups excluding carboxylic acids is 3. The third-order valence-corrected chi connectivity index (χ3v) is 4.37. The quantitative estimate of drug-likeness (QED) is 0.787. The number of nitrogens with one attached hydrogen (secondary N) is 1. The second kappa shape index (κ2) is 8.29. The number of anilines is 1. The van der Waals surface area contributed by atoms with Crippen LogP contribution in [0.5, 0.6) is 0 Å². The minimum Gasteiger partial charge on any atom is -0.465 e. The van der Waals surface area contributed by atoms with Crippen molar-refractivity contribution in [3.63, 3.8) is 0 Å². The maximum absolute atomic E-state index is 14.1. The highest BCUT2D eigenvalue weighted by Crippen LogP contribution is 2.23. The largest absolute Gasteiger partial charge is 0.465 e. The molecular formula is C19H16F3N3O4. The van der Waals surface area contributed by atoms with E-state index < -0.39 is 46.8 Å². The zero-order chi connectivity index (χ0) is 21.1. The van der Waals surface area contributed by atoms with E-state index in [9.17, 15) is 27.6 Å². The molecule has 2 aromatic rings. The van der Waals surface area contributed by atoms with Gasteiger partial charge in [-0.2, -0.15) is 0 Å². The summed E-state index contributed by atoms with van der Waals surface area (Å²) >= 11 is 0. The molecule has 1 N–H and O–H groups in total. The fourth-order valence-electron chi connectivity index (χ4n) is 2.83. The standard InChI is InChI=1S/C19H16F3N3O4/c1-29-19(28)10-2-3-15(23-8-10)17(26)24-16-6-12(13(21)7-14(16)22)18(27)25-5-4-11(20)9-25/h2-3,6-8,11H,4-5,9H2,1H3,(H,24,26)/t11-/m0/s1. The summed E-state index contributed by atoms with van der Waals surface area (Å²) in [5.41, 5.74) is -0.949. The molecule has 0 aliphatic carbocycles. The van der Waals surface area contributed by atoms with Crippen molar-refractivity contribution in [3.8, 4) is 0 Å². The number of ether oxygens (including phenoxy) is 1. The first kappa shape index (κ1) is 20.3. The van der Waals surface area contributed by atoms with Crippen molar-refractivity contribution in [2.75, 3.05) is 25.5 Å². The molecule has 1 saturated heterocycles. The Kier molecular flexibility index (Phi) is 5.81. The van der Waals surface area contributed by atoms with Gasteiger partial charge in [0, 0.05) is 18.8 Å². The number of alkyl halides is 1. The van der Waals surface area contributed by atoms with Gasteiger partial charge in [0.2, 0.25) is 0 Å². The van der Waals surface area contributed by atoms with Crippen LogP contribution in [-0.2, 0) is 4.74 Å². The second-order valence-electron chi connectivity index (χ2n) is 6.33. The highest BCUT2D eigenvalue weighted by Gasteiger charge is 2.29. The van der Waals surface area contributed by atoms with Gasteiger partial charge < -0.3 is 15.0 Å². The molecule has 1 atom stereocenters. The van der Waals surface area contributed by atoms with Crippen molar-refractivity contribution in [1.29, 1.82) is 0 Å². The Labute approximate surface area is 163 Å². The van der Waals surface area contributed by atoms with Gasteiger partial charge in [0.05, 0.1) is 30.5 Å². The number of carbonyl (C=O) groups is 3. The van der Waals surface area contributed by atoms with Crippen molar-refractivity contribution in [2.45, 2.75) is 12.6 Å². The molecule has 0 radical (unpaired) electrons. The van der Waals surface area contributed by atoms with E-state index in [2.05, 4.69) is 15.0 Å². The van der Waals surface area contributed by atoms with Crippen LogP contribution in [0.15, 0.2) is 30.5 Å². The number of pyridine rings is 1. The summed E-state index contributed by atoms with van der Waals surface area (Å²) in [7, 11) is 1.19. The van der Waals surface area contributed by atoms with E-state index in [1.54, 1.807) is 0 Å². The van der Waals surface area contributed by atoms with E-state index in [1.807, 2.05) is 0 Å². The van der Waals surface area contributed by atoms with Crippen LogP contribution in [0.1, 0.15) is 37.6 Å². The van der Waals surface area contributed by atoms with E-state index >= 15 is 0 Å².